The molecule has 0 spiro atoms. The minimum Gasteiger partial charge on any atom is -0.294 e. The molecule has 116 valence electrons. The molecule has 0 amide bonds. The first-order valence-corrected chi connectivity index (χ1v) is 7.79. The highest BCUT2D eigenvalue weighted by Gasteiger charge is 2.08. The Bertz CT molecular complexity index is 988. The lowest BCUT2D eigenvalue weighted by molar-refractivity contribution is 0.0993. The van der Waals surface area contributed by atoms with Gasteiger partial charge in [-0.25, -0.2) is 4.68 Å². The van der Waals surface area contributed by atoms with Crippen LogP contribution in [0.3, 0.4) is 0 Å². The summed E-state index contributed by atoms with van der Waals surface area (Å²) in [4.78, 5) is 12.3. The number of fused-ring (bicyclic) bond motifs is 1. The van der Waals surface area contributed by atoms with E-state index in [1.54, 1.807) is 4.68 Å². The van der Waals surface area contributed by atoms with Crippen molar-refractivity contribution in [3.8, 4) is 5.69 Å². The Kier molecular flexibility index (Phi) is 3.63. The van der Waals surface area contributed by atoms with Crippen molar-refractivity contribution in [3.63, 3.8) is 0 Å². The summed E-state index contributed by atoms with van der Waals surface area (Å²) in [6.45, 7) is 0. The van der Waals surface area contributed by atoms with Gasteiger partial charge in [0.15, 0.2) is 5.78 Å². The Labute approximate surface area is 139 Å². The molecule has 0 unspecified atom stereocenters. The highest BCUT2D eigenvalue weighted by molar-refractivity contribution is 5.97. The summed E-state index contributed by atoms with van der Waals surface area (Å²) in [6.07, 6.45) is 0.391. The number of hydrogen-bond acceptors (Lipinski definition) is 3. The average molecular weight is 313 g/mol. The molecule has 24 heavy (non-hydrogen) atoms. The molecule has 4 aromatic rings. The van der Waals surface area contributed by atoms with Gasteiger partial charge < -0.3 is 0 Å². The van der Waals surface area contributed by atoms with Crippen LogP contribution in [0, 0.1) is 0 Å². The second kappa shape index (κ2) is 6.08. The monoisotopic (exact) mass is 313 g/mol. The number of Topliss-reactive ketones (excluding diaryl/α,β-unsaturated/α-hetero) is 1. The zero-order chi connectivity index (χ0) is 16.4. The number of rotatable bonds is 4. The highest BCUT2D eigenvalue weighted by Crippen LogP contribution is 2.17. The predicted molar refractivity (Wildman–Crippen MR) is 93.3 cm³/mol. The van der Waals surface area contributed by atoms with Crippen LogP contribution in [0.2, 0.25) is 0 Å². The third kappa shape index (κ3) is 2.70. The van der Waals surface area contributed by atoms with Gasteiger partial charge in [-0.3, -0.25) is 4.79 Å². The van der Waals surface area contributed by atoms with Crippen LogP contribution in [0.15, 0.2) is 78.9 Å². The molecule has 0 N–H and O–H groups in total. The van der Waals surface area contributed by atoms with E-state index >= 15 is 0 Å². The van der Waals surface area contributed by atoms with Crippen LogP contribution in [0.5, 0.6) is 0 Å². The van der Waals surface area contributed by atoms with E-state index in [1.165, 1.54) is 0 Å². The van der Waals surface area contributed by atoms with Crippen LogP contribution >= 0.6 is 0 Å². The van der Waals surface area contributed by atoms with Crippen LogP contribution in [0.1, 0.15) is 15.9 Å². The molecule has 1 heterocycles. The van der Waals surface area contributed by atoms with Crippen molar-refractivity contribution < 1.29 is 4.79 Å². The second-order valence-electron chi connectivity index (χ2n) is 5.62. The van der Waals surface area contributed by atoms with E-state index in [0.29, 0.717) is 6.42 Å². The fraction of sp³-hybridized carbons (Fsp3) is 0.0500. The Morgan fingerprint density at radius 1 is 0.833 bits per heavy atom. The summed E-state index contributed by atoms with van der Waals surface area (Å²) >= 11 is 0. The molecule has 0 radical (unpaired) electrons. The van der Waals surface area contributed by atoms with Gasteiger partial charge in [-0.05, 0) is 29.8 Å². The lowest BCUT2D eigenvalue weighted by Crippen LogP contribution is -2.03. The van der Waals surface area contributed by atoms with Crippen molar-refractivity contribution in [3.05, 3.63) is 90.0 Å². The molecule has 1 aromatic heterocycles. The van der Waals surface area contributed by atoms with Gasteiger partial charge >= 0.3 is 0 Å². The van der Waals surface area contributed by atoms with Gasteiger partial charge in [-0.15, -0.1) is 5.10 Å². The van der Waals surface area contributed by atoms with Gasteiger partial charge in [0.25, 0.3) is 0 Å². The van der Waals surface area contributed by atoms with Crippen LogP contribution in [0.25, 0.3) is 16.7 Å². The smallest absolute Gasteiger partial charge is 0.167 e. The summed E-state index contributed by atoms with van der Waals surface area (Å²) in [7, 11) is 0. The summed E-state index contributed by atoms with van der Waals surface area (Å²) in [5.41, 5.74) is 4.48. The van der Waals surface area contributed by atoms with Crippen LogP contribution < -0.4 is 0 Å². The summed E-state index contributed by atoms with van der Waals surface area (Å²) in [5.74, 6) is 0.120. The molecular formula is C20H15N3O. The Balaban J connectivity index is 1.58. The number of carbonyl (C=O) groups is 1. The standard InChI is InChI=1S/C20H15N3O/c24-20(16-6-2-1-3-7-16)14-15-10-12-17(13-11-15)23-19-9-5-4-8-18(19)21-22-23/h1-13H,14H2. The van der Waals surface area contributed by atoms with E-state index in [0.717, 1.165) is 27.8 Å². The topological polar surface area (TPSA) is 47.8 Å². The normalized spacial score (nSPS) is 10.8. The largest absolute Gasteiger partial charge is 0.294 e. The second-order valence-corrected chi connectivity index (χ2v) is 5.62. The fourth-order valence-electron chi connectivity index (χ4n) is 2.73. The molecule has 0 saturated carbocycles. The maximum Gasteiger partial charge on any atom is 0.167 e. The van der Waals surface area contributed by atoms with Gasteiger partial charge in [-0.1, -0.05) is 59.8 Å². The Morgan fingerprint density at radius 3 is 2.33 bits per heavy atom. The molecule has 0 bridgehead atoms. The minimum atomic E-state index is 0.120. The summed E-state index contributed by atoms with van der Waals surface area (Å²) in [5, 5.41) is 8.37. The number of ketones is 1. The zero-order valence-electron chi connectivity index (χ0n) is 13.0. The van der Waals surface area contributed by atoms with E-state index in [2.05, 4.69) is 10.3 Å². The van der Waals surface area contributed by atoms with Crippen molar-refractivity contribution in [2.24, 2.45) is 0 Å². The summed E-state index contributed by atoms with van der Waals surface area (Å²) in [6, 6.07) is 25.1. The van der Waals surface area contributed by atoms with Crippen molar-refractivity contribution in [1.29, 1.82) is 0 Å². The number of benzene rings is 3. The average Bonchev–Trinajstić information content (AvgIpc) is 3.07. The van der Waals surface area contributed by atoms with Gasteiger partial charge in [0.2, 0.25) is 0 Å². The van der Waals surface area contributed by atoms with E-state index in [1.807, 2.05) is 78.9 Å². The van der Waals surface area contributed by atoms with Crippen LogP contribution in [-0.4, -0.2) is 20.8 Å². The molecule has 3 aromatic carbocycles. The van der Waals surface area contributed by atoms with Crippen LogP contribution in [0.4, 0.5) is 0 Å². The van der Waals surface area contributed by atoms with Gasteiger partial charge in [0, 0.05) is 12.0 Å². The van der Waals surface area contributed by atoms with Gasteiger partial charge in [0.05, 0.1) is 11.2 Å². The predicted octanol–water partition coefficient (Wildman–Crippen LogP) is 3.85. The summed E-state index contributed by atoms with van der Waals surface area (Å²) < 4.78 is 1.80. The highest BCUT2D eigenvalue weighted by atomic mass is 16.1. The molecule has 0 saturated heterocycles. The minimum absolute atomic E-state index is 0.120. The molecule has 0 atom stereocenters. The number of hydrogen-bond donors (Lipinski definition) is 0. The van der Waals surface area contributed by atoms with Crippen molar-refractivity contribution in [2.45, 2.75) is 6.42 Å². The maximum absolute atomic E-state index is 12.3. The molecule has 4 heteroatoms. The lowest BCUT2D eigenvalue weighted by atomic mass is 10.0. The first-order valence-electron chi connectivity index (χ1n) is 7.79. The Hall–Kier alpha value is -3.27. The first kappa shape index (κ1) is 14.3. The number of para-hydroxylation sites is 1. The van der Waals surface area contributed by atoms with E-state index in [9.17, 15) is 4.79 Å². The van der Waals surface area contributed by atoms with E-state index < -0.39 is 0 Å². The van der Waals surface area contributed by atoms with E-state index in [-0.39, 0.29) is 5.78 Å². The van der Waals surface area contributed by atoms with E-state index in [4.69, 9.17) is 0 Å². The molecule has 4 nitrogen and oxygen atoms in total. The lowest BCUT2D eigenvalue weighted by Gasteiger charge is -2.05. The maximum atomic E-state index is 12.3. The molecule has 4 rings (SSSR count). The number of nitrogens with zero attached hydrogens (tertiary/aromatic N) is 3. The Morgan fingerprint density at radius 2 is 1.54 bits per heavy atom. The van der Waals surface area contributed by atoms with Crippen LogP contribution in [-0.2, 0) is 6.42 Å². The van der Waals surface area contributed by atoms with Crippen molar-refractivity contribution in [2.75, 3.05) is 0 Å². The SMILES string of the molecule is O=C(Cc1ccc(-n2nnc3ccccc32)cc1)c1ccccc1. The first-order chi connectivity index (χ1) is 11.8. The fourth-order valence-corrected chi connectivity index (χ4v) is 2.73. The molecule has 0 aliphatic rings. The van der Waals surface area contributed by atoms with Crippen molar-refractivity contribution in [1.82, 2.24) is 15.0 Å². The number of carbonyl (C=O) groups excluding carboxylic acids is 1. The molecule has 0 aliphatic heterocycles. The molecular weight excluding hydrogens is 298 g/mol. The third-order valence-corrected chi connectivity index (χ3v) is 3.99. The molecule has 0 fully saturated rings. The number of aromatic nitrogens is 3. The zero-order valence-corrected chi connectivity index (χ0v) is 13.0. The molecule has 0 aliphatic carbocycles. The van der Waals surface area contributed by atoms with Gasteiger partial charge in [0.1, 0.15) is 5.52 Å². The van der Waals surface area contributed by atoms with Gasteiger partial charge in [-0.2, -0.15) is 0 Å². The quantitative estimate of drug-likeness (QED) is 0.538. The third-order valence-electron chi connectivity index (χ3n) is 3.99. The van der Waals surface area contributed by atoms with Crippen molar-refractivity contribution >= 4 is 16.8 Å².